The van der Waals surface area contributed by atoms with Crippen LogP contribution in [0, 0.1) is 13.8 Å². The number of aryl methyl sites for hydroxylation is 2. The van der Waals surface area contributed by atoms with E-state index < -0.39 is 0 Å². The number of nitrogens with zero attached hydrogens (tertiary/aromatic N) is 2. The molecule has 2 N–H and O–H groups in total. The van der Waals surface area contributed by atoms with Crippen LogP contribution < -0.4 is 14.8 Å². The van der Waals surface area contributed by atoms with Gasteiger partial charge < -0.3 is 19.9 Å². The number of hydrogen-bond acceptors (Lipinski definition) is 5. The minimum absolute atomic E-state index is 0.0116. The van der Waals surface area contributed by atoms with E-state index in [4.69, 9.17) is 9.47 Å². The SMILES string of the molecule is COc1cc(CNc2c(C)nn(C)c2C)cc(OC)c1O. The molecule has 6 nitrogen and oxygen atoms in total. The molecule has 6 heteroatoms. The molecular weight excluding hydrogens is 270 g/mol. The monoisotopic (exact) mass is 291 g/mol. The van der Waals surface area contributed by atoms with Crippen LogP contribution in [0.25, 0.3) is 0 Å². The molecule has 0 aliphatic heterocycles. The third kappa shape index (κ3) is 2.89. The number of rotatable bonds is 5. The van der Waals surface area contributed by atoms with Crippen LogP contribution in [0.2, 0.25) is 0 Å². The smallest absolute Gasteiger partial charge is 0.200 e. The summed E-state index contributed by atoms with van der Waals surface area (Å²) in [6.07, 6.45) is 0. The molecular formula is C15H21N3O3. The van der Waals surface area contributed by atoms with Crippen LogP contribution in [0.15, 0.2) is 12.1 Å². The van der Waals surface area contributed by atoms with E-state index in [1.165, 1.54) is 14.2 Å². The standard InChI is InChI=1S/C15H21N3O3/c1-9-14(10(2)18(3)17-9)16-8-11-6-12(20-4)15(19)13(7-11)21-5/h6-7,16,19H,8H2,1-5H3. The molecule has 0 unspecified atom stereocenters. The zero-order valence-corrected chi connectivity index (χ0v) is 13.0. The first-order valence-electron chi connectivity index (χ1n) is 6.65. The van der Waals surface area contributed by atoms with Crippen molar-refractivity contribution < 1.29 is 14.6 Å². The van der Waals surface area contributed by atoms with E-state index in [2.05, 4.69) is 10.4 Å². The molecule has 114 valence electrons. The third-order valence-corrected chi connectivity index (χ3v) is 3.52. The number of hydrogen-bond donors (Lipinski definition) is 2. The Morgan fingerprint density at radius 1 is 1.19 bits per heavy atom. The molecule has 0 bridgehead atoms. The molecule has 0 aliphatic rings. The fourth-order valence-corrected chi connectivity index (χ4v) is 2.27. The normalized spacial score (nSPS) is 10.5. The maximum Gasteiger partial charge on any atom is 0.200 e. The molecule has 0 radical (unpaired) electrons. The summed E-state index contributed by atoms with van der Waals surface area (Å²) in [5.74, 6) is 0.800. The molecule has 0 amide bonds. The second-order valence-electron chi connectivity index (χ2n) is 4.87. The summed E-state index contributed by atoms with van der Waals surface area (Å²) in [5.41, 5.74) is 3.99. The lowest BCUT2D eigenvalue weighted by Gasteiger charge is -2.12. The molecule has 1 heterocycles. The van der Waals surface area contributed by atoms with Crippen LogP contribution in [0.1, 0.15) is 17.0 Å². The molecule has 0 saturated heterocycles. The number of aromatic hydroxyl groups is 1. The molecule has 2 rings (SSSR count). The van der Waals surface area contributed by atoms with Gasteiger partial charge in [0.1, 0.15) is 0 Å². The minimum Gasteiger partial charge on any atom is -0.502 e. The maximum absolute atomic E-state index is 9.91. The quantitative estimate of drug-likeness (QED) is 0.885. The van der Waals surface area contributed by atoms with Crippen molar-refractivity contribution >= 4 is 5.69 Å². The van der Waals surface area contributed by atoms with Crippen molar-refractivity contribution in [1.82, 2.24) is 9.78 Å². The van der Waals surface area contributed by atoms with E-state index in [1.54, 1.807) is 12.1 Å². The van der Waals surface area contributed by atoms with Crippen LogP contribution in [0.5, 0.6) is 17.2 Å². The van der Waals surface area contributed by atoms with Crippen molar-refractivity contribution in [3.63, 3.8) is 0 Å². The highest BCUT2D eigenvalue weighted by Gasteiger charge is 2.13. The van der Waals surface area contributed by atoms with E-state index >= 15 is 0 Å². The summed E-state index contributed by atoms with van der Waals surface area (Å²) in [6, 6.07) is 3.57. The van der Waals surface area contributed by atoms with E-state index in [1.807, 2.05) is 25.6 Å². The summed E-state index contributed by atoms with van der Waals surface area (Å²) in [5, 5.41) is 17.6. The Kier molecular flexibility index (Phi) is 4.26. The van der Waals surface area contributed by atoms with Crippen molar-refractivity contribution in [2.24, 2.45) is 7.05 Å². The number of ether oxygens (including phenoxy) is 2. The van der Waals surface area contributed by atoms with Crippen LogP contribution >= 0.6 is 0 Å². The van der Waals surface area contributed by atoms with Gasteiger partial charge in [0.05, 0.1) is 31.3 Å². The molecule has 1 aromatic carbocycles. The Hall–Kier alpha value is -2.37. The summed E-state index contributed by atoms with van der Waals surface area (Å²) in [7, 11) is 4.95. The Bertz CT molecular complexity index is 625. The Labute approximate surface area is 124 Å². The number of phenols is 1. The van der Waals surface area contributed by atoms with Gasteiger partial charge in [-0.2, -0.15) is 5.10 Å². The predicted molar refractivity (Wildman–Crippen MR) is 81.2 cm³/mol. The van der Waals surface area contributed by atoms with Crippen molar-refractivity contribution in [1.29, 1.82) is 0 Å². The lowest BCUT2D eigenvalue weighted by Crippen LogP contribution is -2.03. The first-order valence-corrected chi connectivity index (χ1v) is 6.65. The highest BCUT2D eigenvalue weighted by molar-refractivity contribution is 5.55. The van der Waals surface area contributed by atoms with Crippen molar-refractivity contribution in [3.05, 3.63) is 29.1 Å². The fourth-order valence-electron chi connectivity index (χ4n) is 2.27. The van der Waals surface area contributed by atoms with Crippen LogP contribution in [-0.2, 0) is 13.6 Å². The average Bonchev–Trinajstić information content (AvgIpc) is 2.71. The second kappa shape index (κ2) is 5.95. The number of nitrogens with one attached hydrogen (secondary N) is 1. The average molecular weight is 291 g/mol. The third-order valence-electron chi connectivity index (χ3n) is 3.52. The van der Waals surface area contributed by atoms with Gasteiger partial charge in [-0.15, -0.1) is 0 Å². The van der Waals surface area contributed by atoms with E-state index in [0.717, 1.165) is 22.6 Å². The molecule has 0 aliphatic carbocycles. The van der Waals surface area contributed by atoms with Crippen molar-refractivity contribution in [2.45, 2.75) is 20.4 Å². The van der Waals surface area contributed by atoms with Gasteiger partial charge in [0, 0.05) is 13.6 Å². The Balaban J connectivity index is 2.24. The zero-order valence-electron chi connectivity index (χ0n) is 13.0. The Morgan fingerprint density at radius 3 is 2.19 bits per heavy atom. The van der Waals surface area contributed by atoms with Gasteiger partial charge in [-0.25, -0.2) is 0 Å². The van der Waals surface area contributed by atoms with Crippen molar-refractivity contribution in [3.8, 4) is 17.2 Å². The molecule has 21 heavy (non-hydrogen) atoms. The van der Waals surface area contributed by atoms with E-state index in [-0.39, 0.29) is 5.75 Å². The molecule has 0 spiro atoms. The topological polar surface area (TPSA) is 68.5 Å². The first kappa shape index (κ1) is 15.0. The van der Waals surface area contributed by atoms with Gasteiger partial charge in [0.25, 0.3) is 0 Å². The summed E-state index contributed by atoms with van der Waals surface area (Å²) < 4.78 is 12.2. The second-order valence-corrected chi connectivity index (χ2v) is 4.87. The van der Waals surface area contributed by atoms with E-state index in [9.17, 15) is 5.11 Å². The maximum atomic E-state index is 9.91. The summed E-state index contributed by atoms with van der Waals surface area (Å²) in [6.45, 7) is 4.56. The number of aromatic nitrogens is 2. The molecule has 0 atom stereocenters. The van der Waals surface area contributed by atoms with Gasteiger partial charge in [0.15, 0.2) is 11.5 Å². The largest absolute Gasteiger partial charge is 0.502 e. The molecule has 0 fully saturated rings. The van der Waals surface area contributed by atoms with E-state index in [0.29, 0.717) is 18.0 Å². The van der Waals surface area contributed by atoms with Gasteiger partial charge in [-0.3, -0.25) is 4.68 Å². The lowest BCUT2D eigenvalue weighted by atomic mass is 10.1. The van der Waals surface area contributed by atoms with Gasteiger partial charge >= 0.3 is 0 Å². The molecule has 2 aromatic rings. The lowest BCUT2D eigenvalue weighted by molar-refractivity contribution is 0.339. The number of methoxy groups -OCH3 is 2. The number of phenolic OH excluding ortho intramolecular Hbond substituents is 1. The van der Waals surface area contributed by atoms with Gasteiger partial charge in [-0.1, -0.05) is 0 Å². The highest BCUT2D eigenvalue weighted by atomic mass is 16.5. The number of benzene rings is 1. The predicted octanol–water partition coefficient (Wildman–Crippen LogP) is 2.37. The summed E-state index contributed by atoms with van der Waals surface area (Å²) >= 11 is 0. The first-order chi connectivity index (χ1) is 9.97. The highest BCUT2D eigenvalue weighted by Crippen LogP contribution is 2.37. The summed E-state index contributed by atoms with van der Waals surface area (Å²) in [4.78, 5) is 0. The zero-order chi connectivity index (χ0) is 15.6. The van der Waals surface area contributed by atoms with Crippen molar-refractivity contribution in [2.75, 3.05) is 19.5 Å². The van der Waals surface area contributed by atoms with Crippen LogP contribution in [0.4, 0.5) is 5.69 Å². The van der Waals surface area contributed by atoms with Gasteiger partial charge in [0.2, 0.25) is 5.75 Å². The van der Waals surface area contributed by atoms with Crippen LogP contribution in [0.3, 0.4) is 0 Å². The molecule has 1 aromatic heterocycles. The minimum atomic E-state index is 0.0116. The fraction of sp³-hybridized carbons (Fsp3) is 0.400. The number of anilines is 1. The Morgan fingerprint density at radius 2 is 1.76 bits per heavy atom. The van der Waals surface area contributed by atoms with Crippen LogP contribution in [-0.4, -0.2) is 29.1 Å². The molecule has 0 saturated carbocycles. The van der Waals surface area contributed by atoms with Gasteiger partial charge in [-0.05, 0) is 31.5 Å².